The molecule has 0 spiro atoms. The summed E-state index contributed by atoms with van der Waals surface area (Å²) in [5.41, 5.74) is 1.82. The van der Waals surface area contributed by atoms with Crippen LogP contribution in [0.4, 0.5) is 23.4 Å². The number of amides is 1. The lowest BCUT2D eigenvalue weighted by Crippen LogP contribution is -2.54. The fourth-order valence-electron chi connectivity index (χ4n) is 4.99. The number of anilines is 1. The van der Waals surface area contributed by atoms with Gasteiger partial charge in [0.15, 0.2) is 5.65 Å². The van der Waals surface area contributed by atoms with E-state index in [2.05, 4.69) is 25.6 Å². The van der Waals surface area contributed by atoms with Crippen LogP contribution in [0.2, 0.25) is 0 Å². The first-order chi connectivity index (χ1) is 19.8. The number of carbonyl (C=O) groups excluding carboxylic acids is 1. The number of rotatable bonds is 7. The van der Waals surface area contributed by atoms with Gasteiger partial charge in [-0.2, -0.15) is 5.10 Å². The maximum atomic E-state index is 14.0. The smallest absolute Gasteiger partial charge is 0.272 e. The number of piperidine rings is 1. The number of ether oxygens (including phenoxy) is 1. The van der Waals surface area contributed by atoms with Crippen LogP contribution in [-0.2, 0) is 0 Å². The molecular formula is C27H23F4N7O3. The van der Waals surface area contributed by atoms with Gasteiger partial charge in [0.05, 0.1) is 35.4 Å². The third-order valence-corrected chi connectivity index (χ3v) is 6.95. The Balaban J connectivity index is 1.20. The average Bonchev–Trinajstić information content (AvgIpc) is 3.54. The van der Waals surface area contributed by atoms with Crippen LogP contribution in [0.5, 0.6) is 5.75 Å². The van der Waals surface area contributed by atoms with Crippen LogP contribution in [0.1, 0.15) is 16.8 Å². The topological polar surface area (TPSA) is 121 Å². The van der Waals surface area contributed by atoms with Crippen LogP contribution < -0.4 is 15.0 Å². The van der Waals surface area contributed by atoms with Gasteiger partial charge >= 0.3 is 0 Å². The van der Waals surface area contributed by atoms with E-state index in [-0.39, 0.29) is 12.3 Å². The lowest BCUT2D eigenvalue weighted by molar-refractivity contribution is 0.0790. The molecule has 1 amide bonds. The number of β-amino-alcohol motifs (C(OH)–C–C–N with tert-alkyl or cyclic N) is 1. The SMILES string of the molecule is O=C(N[C@H]1CCN(c2ccc(-c3cc(OCC(F)F)cn4nc5[nH]ncc5c34)cn2)C[C@H]1O)c1c(F)cccc1F. The third-order valence-electron chi connectivity index (χ3n) is 6.95. The second-order valence-corrected chi connectivity index (χ2v) is 9.60. The van der Waals surface area contributed by atoms with Gasteiger partial charge in [0.1, 0.15) is 35.4 Å². The fourth-order valence-corrected chi connectivity index (χ4v) is 4.99. The molecule has 0 radical (unpaired) electrons. The molecule has 1 aliphatic heterocycles. The van der Waals surface area contributed by atoms with Gasteiger partial charge in [0.25, 0.3) is 12.3 Å². The molecular weight excluding hydrogens is 546 g/mol. The number of hydrogen-bond acceptors (Lipinski definition) is 7. The fraction of sp³-hybridized carbons (Fsp3) is 0.259. The van der Waals surface area contributed by atoms with E-state index in [1.54, 1.807) is 30.6 Å². The normalized spacial score (nSPS) is 17.5. The van der Waals surface area contributed by atoms with E-state index in [9.17, 15) is 27.5 Å². The summed E-state index contributed by atoms with van der Waals surface area (Å²) >= 11 is 0. The number of fused-ring (bicyclic) bond motifs is 3. The molecule has 0 saturated carbocycles. The quantitative estimate of drug-likeness (QED) is 0.257. The van der Waals surface area contributed by atoms with Crippen LogP contribution in [0.15, 0.2) is 55.0 Å². The van der Waals surface area contributed by atoms with Crippen molar-refractivity contribution in [3.05, 3.63) is 72.2 Å². The summed E-state index contributed by atoms with van der Waals surface area (Å²) in [4.78, 5) is 18.8. The van der Waals surface area contributed by atoms with Crippen molar-refractivity contribution in [1.82, 2.24) is 30.1 Å². The van der Waals surface area contributed by atoms with Gasteiger partial charge in [-0.3, -0.25) is 9.89 Å². The van der Waals surface area contributed by atoms with Crippen molar-refractivity contribution in [2.45, 2.75) is 25.0 Å². The van der Waals surface area contributed by atoms with Crippen LogP contribution in [0.3, 0.4) is 0 Å². The maximum absolute atomic E-state index is 14.0. The van der Waals surface area contributed by atoms with Crippen molar-refractivity contribution in [2.24, 2.45) is 0 Å². The second-order valence-electron chi connectivity index (χ2n) is 9.60. The first kappa shape index (κ1) is 26.5. The molecule has 5 heterocycles. The Hall–Kier alpha value is -4.72. The molecule has 1 aromatic carbocycles. The molecule has 0 aliphatic carbocycles. The minimum atomic E-state index is -2.64. The van der Waals surface area contributed by atoms with E-state index in [1.807, 2.05) is 4.90 Å². The number of nitrogens with one attached hydrogen (secondary N) is 2. The summed E-state index contributed by atoms with van der Waals surface area (Å²) in [5.74, 6) is -2.13. The highest BCUT2D eigenvalue weighted by Crippen LogP contribution is 2.33. The van der Waals surface area contributed by atoms with Crippen LogP contribution >= 0.6 is 0 Å². The molecule has 6 rings (SSSR count). The lowest BCUT2D eigenvalue weighted by Gasteiger charge is -2.37. The molecule has 5 aromatic rings. The molecule has 0 bridgehead atoms. The van der Waals surface area contributed by atoms with Gasteiger partial charge in [-0.1, -0.05) is 6.07 Å². The number of halogens is 4. The molecule has 41 heavy (non-hydrogen) atoms. The van der Waals surface area contributed by atoms with E-state index in [0.29, 0.717) is 41.1 Å². The van der Waals surface area contributed by atoms with E-state index >= 15 is 0 Å². The average molecular weight is 570 g/mol. The highest BCUT2D eigenvalue weighted by molar-refractivity contribution is 6.01. The number of benzene rings is 1. The van der Waals surface area contributed by atoms with Gasteiger partial charge in [0, 0.05) is 30.4 Å². The van der Waals surface area contributed by atoms with Gasteiger partial charge < -0.3 is 20.1 Å². The monoisotopic (exact) mass is 569 g/mol. The molecule has 14 heteroatoms. The first-order valence-electron chi connectivity index (χ1n) is 12.7. The van der Waals surface area contributed by atoms with Gasteiger partial charge in [-0.25, -0.2) is 27.1 Å². The van der Waals surface area contributed by atoms with E-state index < -0.39 is 48.3 Å². The zero-order valence-corrected chi connectivity index (χ0v) is 21.3. The van der Waals surface area contributed by atoms with E-state index in [0.717, 1.165) is 17.5 Å². The van der Waals surface area contributed by atoms with Crippen LogP contribution in [0, 0.1) is 11.6 Å². The number of hydrogen-bond donors (Lipinski definition) is 3. The highest BCUT2D eigenvalue weighted by Gasteiger charge is 2.31. The summed E-state index contributed by atoms with van der Waals surface area (Å²) in [6, 6.07) is 7.64. The van der Waals surface area contributed by atoms with Crippen molar-refractivity contribution < 1.29 is 32.2 Å². The van der Waals surface area contributed by atoms with Gasteiger partial charge in [-0.15, -0.1) is 5.10 Å². The summed E-state index contributed by atoms with van der Waals surface area (Å²) in [5, 5.41) is 25.2. The number of alkyl halides is 2. The van der Waals surface area contributed by atoms with E-state index in [1.165, 1.54) is 16.8 Å². The van der Waals surface area contributed by atoms with Crippen LogP contribution in [0.25, 0.3) is 27.7 Å². The predicted octanol–water partition coefficient (Wildman–Crippen LogP) is 3.56. The Bertz CT molecular complexity index is 1700. The number of aromatic amines is 1. The third kappa shape index (κ3) is 5.13. The Labute approximate surface area is 229 Å². The number of carbonyl (C=O) groups is 1. The highest BCUT2D eigenvalue weighted by atomic mass is 19.3. The number of aliphatic hydroxyl groups is 1. The largest absolute Gasteiger partial charge is 0.486 e. The maximum Gasteiger partial charge on any atom is 0.272 e. The number of nitrogens with zero attached hydrogens (tertiary/aromatic N) is 5. The molecule has 0 unspecified atom stereocenters. The Morgan fingerprint density at radius 3 is 2.71 bits per heavy atom. The molecule has 10 nitrogen and oxygen atoms in total. The molecule has 2 atom stereocenters. The standard InChI is InChI=1S/C27H23F4N7O3/c28-18-2-1-3-19(29)24(18)27(40)34-20-6-7-37(12-21(20)39)23-5-4-14(9-32-23)16-8-15(41-13-22(30)31)11-38-25(16)17-10-33-35-26(17)36-38/h1-5,8-11,20-22,39H,6-7,12-13H2,(H,34,40)(H,35,36)/t20-,21+/m0/s1. The number of pyridine rings is 2. The van der Waals surface area contributed by atoms with Gasteiger partial charge in [0.2, 0.25) is 0 Å². The summed E-state index contributed by atoms with van der Waals surface area (Å²) in [6.45, 7) is -0.235. The molecule has 4 aromatic heterocycles. The summed E-state index contributed by atoms with van der Waals surface area (Å²) < 4.78 is 60.3. The lowest BCUT2D eigenvalue weighted by atomic mass is 10.0. The minimum Gasteiger partial charge on any atom is -0.486 e. The van der Waals surface area contributed by atoms with Crippen molar-refractivity contribution >= 4 is 28.3 Å². The predicted molar refractivity (Wildman–Crippen MR) is 140 cm³/mol. The van der Waals surface area contributed by atoms with Crippen molar-refractivity contribution in [2.75, 3.05) is 24.6 Å². The van der Waals surface area contributed by atoms with Crippen LogP contribution in [-0.4, -0.2) is 74.1 Å². The number of aromatic nitrogens is 5. The molecule has 1 aliphatic rings. The van der Waals surface area contributed by atoms with Crippen molar-refractivity contribution in [3.8, 4) is 16.9 Å². The van der Waals surface area contributed by atoms with Crippen molar-refractivity contribution in [3.63, 3.8) is 0 Å². The molecule has 212 valence electrons. The molecule has 1 fully saturated rings. The zero-order valence-electron chi connectivity index (χ0n) is 21.3. The number of aliphatic hydroxyl groups excluding tert-OH is 1. The Morgan fingerprint density at radius 2 is 2.00 bits per heavy atom. The zero-order chi connectivity index (χ0) is 28.7. The number of H-pyrrole nitrogens is 1. The molecule has 1 saturated heterocycles. The minimum absolute atomic E-state index is 0.122. The molecule has 3 N–H and O–H groups in total. The summed E-state index contributed by atoms with van der Waals surface area (Å²) in [7, 11) is 0. The summed E-state index contributed by atoms with van der Waals surface area (Å²) in [6.07, 6.45) is 1.40. The second kappa shape index (κ2) is 10.7. The Kier molecular flexibility index (Phi) is 6.91. The van der Waals surface area contributed by atoms with E-state index in [4.69, 9.17) is 4.74 Å². The van der Waals surface area contributed by atoms with Gasteiger partial charge in [-0.05, 0) is 36.8 Å². The first-order valence-corrected chi connectivity index (χ1v) is 12.7. The van der Waals surface area contributed by atoms with Crippen molar-refractivity contribution in [1.29, 1.82) is 0 Å². The Morgan fingerprint density at radius 1 is 1.20 bits per heavy atom.